The van der Waals surface area contributed by atoms with Crippen LogP contribution in [0.5, 0.6) is 5.75 Å². The summed E-state index contributed by atoms with van der Waals surface area (Å²) in [6.07, 6.45) is 9.55. The monoisotopic (exact) mass is 472 g/mol. The van der Waals surface area contributed by atoms with Crippen LogP contribution in [0.3, 0.4) is 0 Å². The first-order chi connectivity index (χ1) is 16.4. The van der Waals surface area contributed by atoms with Gasteiger partial charge in [0.2, 0.25) is 5.96 Å². The molecule has 0 aromatic heterocycles. The van der Waals surface area contributed by atoms with Gasteiger partial charge in [-0.2, -0.15) is 0 Å². The summed E-state index contributed by atoms with van der Waals surface area (Å²) in [5, 5.41) is 10.2. The second-order valence-corrected chi connectivity index (χ2v) is 9.44. The number of amidine groups is 1. The van der Waals surface area contributed by atoms with Gasteiger partial charge < -0.3 is 25.6 Å². The molecule has 1 saturated heterocycles. The van der Waals surface area contributed by atoms with Crippen molar-refractivity contribution in [3.8, 4) is 5.75 Å². The van der Waals surface area contributed by atoms with E-state index in [0.717, 1.165) is 37.3 Å². The van der Waals surface area contributed by atoms with Crippen LogP contribution in [-0.2, 0) is 6.54 Å². The van der Waals surface area contributed by atoms with Gasteiger partial charge in [0, 0.05) is 6.04 Å². The second-order valence-electron chi connectivity index (χ2n) is 9.44. The molecule has 1 aliphatic heterocycles. The van der Waals surface area contributed by atoms with E-state index in [1.807, 2.05) is 13.0 Å². The maximum Gasteiger partial charge on any atom is 0.202 e. The molecule has 1 aromatic carbocycles. The van der Waals surface area contributed by atoms with E-state index in [9.17, 15) is 4.39 Å². The second kappa shape index (κ2) is 13.3. The van der Waals surface area contributed by atoms with Crippen molar-refractivity contribution in [2.24, 2.45) is 9.98 Å². The average Bonchev–Trinajstić information content (AvgIpc) is 3.08. The summed E-state index contributed by atoms with van der Waals surface area (Å²) in [6, 6.07) is 5.61. The Balaban J connectivity index is 1.63. The molecular formula is C26H41FN6O. The lowest BCUT2D eigenvalue weighted by atomic mass is 10.1. The number of halogens is 1. The molecule has 3 N–H and O–H groups in total. The minimum Gasteiger partial charge on any atom is -0.494 e. The van der Waals surface area contributed by atoms with Gasteiger partial charge in [0.15, 0.2) is 11.6 Å². The number of rotatable bonds is 7. The molecular weight excluding hydrogens is 431 g/mol. The number of aliphatic imine (C=N–C) groups is 2. The van der Waals surface area contributed by atoms with Crippen molar-refractivity contribution < 1.29 is 9.13 Å². The summed E-state index contributed by atoms with van der Waals surface area (Å²) in [4.78, 5) is 11.9. The molecule has 0 radical (unpaired) electrons. The zero-order valence-electron chi connectivity index (χ0n) is 21.0. The number of benzene rings is 1. The van der Waals surface area contributed by atoms with E-state index in [4.69, 9.17) is 9.73 Å². The van der Waals surface area contributed by atoms with Crippen LogP contribution in [0.4, 0.5) is 4.39 Å². The topological polar surface area (TPSA) is 73.3 Å². The maximum absolute atomic E-state index is 14.0. The van der Waals surface area contributed by atoms with E-state index in [1.54, 1.807) is 6.07 Å². The smallest absolute Gasteiger partial charge is 0.202 e. The lowest BCUT2D eigenvalue weighted by molar-refractivity contribution is 0.257. The van der Waals surface area contributed by atoms with Gasteiger partial charge in [0.1, 0.15) is 5.84 Å². The first kappa shape index (κ1) is 26.0. The number of piperidine rings is 1. The molecule has 34 heavy (non-hydrogen) atoms. The Hall–Kier alpha value is -2.61. The van der Waals surface area contributed by atoms with Crippen LogP contribution in [-0.4, -0.2) is 56.0 Å². The Labute approximate surface area is 204 Å². The highest BCUT2D eigenvalue weighted by atomic mass is 19.1. The molecule has 2 fully saturated rings. The fraction of sp³-hybridized carbons (Fsp3) is 0.615. The Bertz CT molecular complexity index is 855. The highest BCUT2D eigenvalue weighted by Gasteiger charge is 2.18. The van der Waals surface area contributed by atoms with Gasteiger partial charge in [-0.15, -0.1) is 0 Å². The molecule has 0 atom stereocenters. The molecule has 188 valence electrons. The van der Waals surface area contributed by atoms with Crippen molar-refractivity contribution in [1.82, 2.24) is 20.9 Å². The van der Waals surface area contributed by atoms with Crippen molar-refractivity contribution >= 4 is 11.8 Å². The zero-order valence-corrected chi connectivity index (χ0v) is 21.0. The molecule has 1 heterocycles. The molecule has 1 aliphatic carbocycles. The molecule has 1 saturated carbocycles. The third-order valence-corrected chi connectivity index (χ3v) is 6.52. The van der Waals surface area contributed by atoms with Crippen LogP contribution in [0, 0.1) is 5.82 Å². The fourth-order valence-electron chi connectivity index (χ4n) is 4.48. The number of likely N-dealkylation sites (tertiary alicyclic amines) is 1. The minimum atomic E-state index is -0.382. The number of hydrogen-bond donors (Lipinski definition) is 3. The van der Waals surface area contributed by atoms with Crippen LogP contribution >= 0.6 is 0 Å². The van der Waals surface area contributed by atoms with E-state index < -0.39 is 0 Å². The Morgan fingerprint density at radius 1 is 1.12 bits per heavy atom. The van der Waals surface area contributed by atoms with Crippen LogP contribution in [0.15, 0.2) is 40.6 Å². The molecule has 0 amide bonds. The Morgan fingerprint density at radius 3 is 2.47 bits per heavy atom. The zero-order chi connectivity index (χ0) is 24.3. The third kappa shape index (κ3) is 8.63. The number of ether oxygens (including phenoxy) is 1. The van der Waals surface area contributed by atoms with Gasteiger partial charge in [0.05, 0.1) is 25.5 Å². The van der Waals surface area contributed by atoms with Gasteiger partial charge in [-0.3, -0.25) is 4.99 Å². The highest BCUT2D eigenvalue weighted by Crippen LogP contribution is 2.19. The summed E-state index contributed by atoms with van der Waals surface area (Å²) >= 11 is 0. The van der Waals surface area contributed by atoms with Crippen molar-refractivity contribution in [3.63, 3.8) is 0 Å². The summed E-state index contributed by atoms with van der Waals surface area (Å²) in [5.74, 6) is 1.98. The summed E-state index contributed by atoms with van der Waals surface area (Å²) in [6.45, 7) is 8.55. The van der Waals surface area contributed by atoms with Crippen LogP contribution in [0.2, 0.25) is 0 Å². The van der Waals surface area contributed by atoms with Crippen LogP contribution in [0.1, 0.15) is 63.9 Å². The summed E-state index contributed by atoms with van der Waals surface area (Å²) < 4.78 is 19.0. The van der Waals surface area contributed by atoms with Crippen LogP contribution in [0.25, 0.3) is 0 Å². The average molecular weight is 473 g/mol. The Morgan fingerprint density at radius 2 is 1.82 bits per heavy atom. The van der Waals surface area contributed by atoms with Gasteiger partial charge in [-0.1, -0.05) is 38.3 Å². The van der Waals surface area contributed by atoms with Gasteiger partial charge in [0.25, 0.3) is 0 Å². The standard InChI is InChI=1S/C26H41FN6O/c1-19(28-18-21-11-12-25(34-4)24(27)17-21)30-26(32-23-13-15-33(3)16-14-23)31-20(2)29-22-9-7-5-6-8-10-22/h11-12,17,22-23,29H,2,5-10,13-16,18H2,1,3-4H3,(H2,28,30,31,32). The predicted molar refractivity (Wildman–Crippen MR) is 138 cm³/mol. The number of guanidine groups is 1. The van der Waals surface area contributed by atoms with Crippen LogP contribution < -0.4 is 20.7 Å². The highest BCUT2D eigenvalue weighted by molar-refractivity contribution is 5.99. The predicted octanol–water partition coefficient (Wildman–Crippen LogP) is 4.17. The normalized spacial score (nSPS) is 19.4. The molecule has 0 bridgehead atoms. The number of nitrogens with one attached hydrogen (secondary N) is 3. The minimum absolute atomic E-state index is 0.235. The lowest BCUT2D eigenvalue weighted by Crippen LogP contribution is -2.45. The Kier molecular flexibility index (Phi) is 10.2. The number of hydrogen-bond acceptors (Lipinski definition) is 5. The van der Waals surface area contributed by atoms with Crippen molar-refractivity contribution in [2.45, 2.75) is 76.9 Å². The number of methoxy groups -OCH3 is 1. The first-order valence-corrected chi connectivity index (χ1v) is 12.5. The lowest BCUT2D eigenvalue weighted by Gasteiger charge is -2.28. The fourth-order valence-corrected chi connectivity index (χ4v) is 4.48. The third-order valence-electron chi connectivity index (χ3n) is 6.52. The summed E-state index contributed by atoms with van der Waals surface area (Å²) in [7, 11) is 3.61. The molecule has 2 aliphatic rings. The molecule has 1 aromatic rings. The van der Waals surface area contributed by atoms with Crippen molar-refractivity contribution in [2.75, 3.05) is 27.2 Å². The number of nitrogens with zero attached hydrogens (tertiary/aromatic N) is 3. The van der Waals surface area contributed by atoms with Crippen molar-refractivity contribution in [1.29, 1.82) is 0 Å². The first-order valence-electron chi connectivity index (χ1n) is 12.5. The van der Waals surface area contributed by atoms with E-state index in [1.165, 1.54) is 51.7 Å². The van der Waals surface area contributed by atoms with E-state index in [2.05, 4.69) is 39.5 Å². The SMILES string of the molecule is C=C(NC(=NC1CCN(C)CC1)NC(C)=NCc1ccc(OC)c(F)c1)NC1CCCCCC1. The van der Waals surface area contributed by atoms with Crippen molar-refractivity contribution in [3.05, 3.63) is 42.0 Å². The molecule has 0 unspecified atom stereocenters. The molecule has 3 rings (SSSR count). The van der Waals surface area contributed by atoms with Gasteiger partial charge in [-0.25, -0.2) is 9.38 Å². The van der Waals surface area contributed by atoms with E-state index >= 15 is 0 Å². The summed E-state index contributed by atoms with van der Waals surface area (Å²) in [5.41, 5.74) is 0.778. The molecule has 0 spiro atoms. The molecule has 8 heteroatoms. The van der Waals surface area contributed by atoms with E-state index in [-0.39, 0.29) is 17.6 Å². The maximum atomic E-state index is 14.0. The van der Waals surface area contributed by atoms with Gasteiger partial charge in [-0.05, 0) is 70.4 Å². The largest absolute Gasteiger partial charge is 0.494 e. The van der Waals surface area contributed by atoms with E-state index in [0.29, 0.717) is 24.4 Å². The van der Waals surface area contributed by atoms with Gasteiger partial charge >= 0.3 is 0 Å². The quantitative estimate of drug-likeness (QED) is 0.316. The molecule has 7 nitrogen and oxygen atoms in total.